The highest BCUT2D eigenvalue weighted by Gasteiger charge is 2.56. The van der Waals surface area contributed by atoms with Gasteiger partial charge in [-0.05, 0) is 31.9 Å². The highest BCUT2D eigenvalue weighted by molar-refractivity contribution is 6.76. The second kappa shape index (κ2) is 8.52. The van der Waals surface area contributed by atoms with E-state index in [0.717, 1.165) is 17.0 Å². The van der Waals surface area contributed by atoms with Gasteiger partial charge in [0.05, 0.1) is 43.3 Å². The molecule has 1 aliphatic carbocycles. The Morgan fingerprint density at radius 1 is 1.21 bits per heavy atom. The molecule has 3 aromatic rings. The van der Waals surface area contributed by atoms with E-state index in [4.69, 9.17) is 4.84 Å². The van der Waals surface area contributed by atoms with Crippen LogP contribution in [-0.4, -0.2) is 52.5 Å². The third kappa shape index (κ3) is 4.38. The van der Waals surface area contributed by atoms with Crippen LogP contribution in [0.2, 0.25) is 25.7 Å². The molecule has 1 fully saturated rings. The van der Waals surface area contributed by atoms with E-state index in [1.807, 2.05) is 25.4 Å². The fraction of sp³-hybridized carbons (Fsp3) is 0.565. The summed E-state index contributed by atoms with van der Waals surface area (Å²) in [5.74, 6) is 0.600. The van der Waals surface area contributed by atoms with Gasteiger partial charge in [0, 0.05) is 36.8 Å². The largest absolute Gasteiger partial charge is 0.413 e. The van der Waals surface area contributed by atoms with Crippen LogP contribution in [0.3, 0.4) is 0 Å². The molecule has 0 aliphatic heterocycles. The summed E-state index contributed by atoms with van der Waals surface area (Å²) in [5, 5.41) is 14.7. The zero-order valence-electron chi connectivity index (χ0n) is 19.6. The summed E-state index contributed by atoms with van der Waals surface area (Å²) in [6, 6.07) is 5.12. The third-order valence-corrected chi connectivity index (χ3v) is 8.13. The van der Waals surface area contributed by atoms with E-state index in [-0.39, 0.29) is 19.3 Å². The second-order valence-corrected chi connectivity index (χ2v) is 16.1. The Bertz CT molecular complexity index is 1180. The average Bonchev–Trinajstić information content (AvgIpc) is 3.37. The number of nitrogens with zero attached hydrogens (tertiary/aromatic N) is 6. The average molecular weight is 473 g/mol. The SMILES string of the molecule is Cc1nc(-c2cnn(C3(CC#N)CC(CF)(CF)C3)c2)c2ccn(OCC[Si](C)(C)C)c2n1. The fourth-order valence-corrected chi connectivity index (χ4v) is 5.37. The Morgan fingerprint density at radius 2 is 1.94 bits per heavy atom. The number of fused-ring (bicyclic) bond motifs is 1. The van der Waals surface area contributed by atoms with Crippen molar-refractivity contribution in [3.63, 3.8) is 0 Å². The molecule has 3 heterocycles. The molecule has 0 aromatic carbocycles. The Kier molecular flexibility index (Phi) is 6.03. The molecule has 10 heteroatoms. The molecule has 1 saturated carbocycles. The molecular weight excluding hydrogens is 442 g/mol. The summed E-state index contributed by atoms with van der Waals surface area (Å²) in [6.45, 7) is 7.89. The maximum atomic E-state index is 13.5. The van der Waals surface area contributed by atoms with E-state index in [1.54, 1.807) is 15.6 Å². The van der Waals surface area contributed by atoms with Crippen LogP contribution in [0, 0.1) is 23.7 Å². The Hall–Kier alpha value is -2.80. The maximum Gasteiger partial charge on any atom is 0.179 e. The summed E-state index contributed by atoms with van der Waals surface area (Å²) in [4.78, 5) is 15.2. The predicted octanol–water partition coefficient (Wildman–Crippen LogP) is 4.70. The maximum absolute atomic E-state index is 13.5. The standard InChI is InChI=1S/C23H30F2N6OSi/c1-17-28-20(19-5-8-30(21(19)29-17)32-9-10-33(2,3)4)18-11-27-31(12-18)23(6-7-26)13-22(14-23,15-24)16-25/h5,8,11-12H,6,9-10,13-16H2,1-4H3. The van der Waals surface area contributed by atoms with E-state index in [0.29, 0.717) is 23.8 Å². The lowest BCUT2D eigenvalue weighted by molar-refractivity contribution is -0.0653. The van der Waals surface area contributed by atoms with Crippen molar-refractivity contribution in [2.24, 2.45) is 5.41 Å². The molecule has 0 unspecified atom stereocenters. The number of alkyl halides is 2. The first kappa shape index (κ1) is 23.4. The third-order valence-electron chi connectivity index (χ3n) is 6.43. The van der Waals surface area contributed by atoms with Gasteiger partial charge in [0.25, 0.3) is 0 Å². The lowest BCUT2D eigenvalue weighted by atomic mass is 9.57. The topological polar surface area (TPSA) is 81.5 Å². The van der Waals surface area contributed by atoms with Gasteiger partial charge in [-0.2, -0.15) is 15.1 Å². The Labute approximate surface area is 193 Å². The quantitative estimate of drug-likeness (QED) is 0.422. The van der Waals surface area contributed by atoms with E-state index in [9.17, 15) is 14.0 Å². The first-order chi connectivity index (χ1) is 15.6. The van der Waals surface area contributed by atoms with E-state index in [2.05, 4.69) is 40.8 Å². The molecule has 7 nitrogen and oxygen atoms in total. The summed E-state index contributed by atoms with van der Waals surface area (Å²) in [7, 11) is -1.22. The van der Waals surface area contributed by atoms with Crippen LogP contribution in [-0.2, 0) is 5.54 Å². The Balaban J connectivity index is 1.65. The first-order valence-electron chi connectivity index (χ1n) is 11.2. The van der Waals surface area contributed by atoms with Crippen LogP contribution in [0.25, 0.3) is 22.3 Å². The molecule has 0 radical (unpaired) electrons. The molecule has 0 N–H and O–H groups in total. The summed E-state index contributed by atoms with van der Waals surface area (Å²) < 4.78 is 30.3. The van der Waals surface area contributed by atoms with Crippen LogP contribution >= 0.6 is 0 Å². The Morgan fingerprint density at radius 3 is 2.58 bits per heavy atom. The molecule has 1 aliphatic rings. The van der Waals surface area contributed by atoms with E-state index < -0.39 is 32.4 Å². The normalized spacial score (nSPS) is 17.0. The molecule has 3 aromatic heterocycles. The highest BCUT2D eigenvalue weighted by atomic mass is 28.3. The number of hydrogen-bond acceptors (Lipinski definition) is 5. The van der Waals surface area contributed by atoms with Crippen molar-refractivity contribution >= 4 is 19.1 Å². The fourth-order valence-electron chi connectivity index (χ4n) is 4.66. The zero-order chi connectivity index (χ0) is 23.9. The molecule has 4 rings (SSSR count). The number of hydrogen-bond donors (Lipinski definition) is 0. The lowest BCUT2D eigenvalue weighted by Gasteiger charge is -2.53. The van der Waals surface area contributed by atoms with Crippen molar-refractivity contribution in [1.29, 1.82) is 5.26 Å². The molecule has 33 heavy (non-hydrogen) atoms. The van der Waals surface area contributed by atoms with Gasteiger partial charge in [-0.25, -0.2) is 9.97 Å². The number of rotatable bonds is 9. The molecule has 0 spiro atoms. The van der Waals surface area contributed by atoms with Gasteiger partial charge < -0.3 is 4.84 Å². The monoisotopic (exact) mass is 472 g/mol. The van der Waals surface area contributed by atoms with E-state index >= 15 is 0 Å². The van der Waals surface area contributed by atoms with Crippen molar-refractivity contribution in [3.8, 4) is 17.3 Å². The minimum atomic E-state index is -1.22. The second-order valence-electron chi connectivity index (χ2n) is 10.5. The van der Waals surface area contributed by atoms with Gasteiger partial charge >= 0.3 is 0 Å². The molecule has 0 atom stereocenters. The predicted molar refractivity (Wildman–Crippen MR) is 125 cm³/mol. The van der Waals surface area contributed by atoms with E-state index in [1.165, 1.54) is 0 Å². The number of aromatic nitrogens is 5. The lowest BCUT2D eigenvalue weighted by Crippen LogP contribution is -2.55. The van der Waals surface area contributed by atoms with Gasteiger partial charge in [-0.3, -0.25) is 13.5 Å². The van der Waals surface area contributed by atoms with Crippen molar-refractivity contribution in [1.82, 2.24) is 24.5 Å². The first-order valence-corrected chi connectivity index (χ1v) is 14.9. The summed E-state index contributed by atoms with van der Waals surface area (Å²) in [6.07, 6.45) is 6.01. The minimum Gasteiger partial charge on any atom is -0.413 e. The van der Waals surface area contributed by atoms with Crippen LogP contribution in [0.5, 0.6) is 0 Å². The minimum absolute atomic E-state index is 0.148. The van der Waals surface area contributed by atoms with Crippen molar-refractivity contribution in [3.05, 3.63) is 30.5 Å². The van der Waals surface area contributed by atoms with Gasteiger partial charge in [0.1, 0.15) is 12.4 Å². The van der Waals surface area contributed by atoms with Crippen LogP contribution in [0.4, 0.5) is 8.78 Å². The van der Waals surface area contributed by atoms with Gasteiger partial charge in [0.15, 0.2) is 5.65 Å². The van der Waals surface area contributed by atoms with Crippen molar-refractivity contribution < 1.29 is 13.6 Å². The number of nitriles is 1. The van der Waals surface area contributed by atoms with Crippen LogP contribution in [0.1, 0.15) is 25.1 Å². The number of aryl methyl sites for hydroxylation is 1. The molecule has 0 saturated heterocycles. The summed E-state index contributed by atoms with van der Waals surface area (Å²) >= 11 is 0. The smallest absolute Gasteiger partial charge is 0.179 e. The highest BCUT2D eigenvalue weighted by Crippen LogP contribution is 2.55. The van der Waals surface area contributed by atoms with Crippen molar-refractivity contribution in [2.75, 3.05) is 20.0 Å². The number of halogens is 2. The van der Waals surface area contributed by atoms with Gasteiger partial charge in [-0.1, -0.05) is 19.6 Å². The zero-order valence-corrected chi connectivity index (χ0v) is 20.6. The van der Waals surface area contributed by atoms with Crippen LogP contribution in [0.15, 0.2) is 24.7 Å². The summed E-state index contributed by atoms with van der Waals surface area (Å²) in [5.41, 5.74) is 0.459. The van der Waals surface area contributed by atoms with Gasteiger partial charge in [0.2, 0.25) is 0 Å². The molecular formula is C23H30F2N6OSi. The molecule has 0 bridgehead atoms. The van der Waals surface area contributed by atoms with Gasteiger partial charge in [-0.15, -0.1) is 0 Å². The molecule has 0 amide bonds. The van der Waals surface area contributed by atoms with Crippen molar-refractivity contribution in [2.45, 2.75) is 57.4 Å². The van der Waals surface area contributed by atoms with Crippen LogP contribution < -0.4 is 4.84 Å². The molecule has 176 valence electrons.